The molecule has 0 aliphatic heterocycles. The molecule has 108 valence electrons. The highest BCUT2D eigenvalue weighted by Gasteiger charge is 2.15. The van der Waals surface area contributed by atoms with Crippen LogP contribution in [0.1, 0.15) is 24.0 Å². The molecule has 0 radical (unpaired) electrons. The Morgan fingerprint density at radius 1 is 1.14 bits per heavy atom. The number of rotatable bonds is 4. The van der Waals surface area contributed by atoms with Gasteiger partial charge >= 0.3 is 5.97 Å². The summed E-state index contributed by atoms with van der Waals surface area (Å²) in [5.74, 6) is -0.785. The Morgan fingerprint density at radius 3 is 2.52 bits per heavy atom. The lowest BCUT2D eigenvalue weighted by Gasteiger charge is -2.16. The summed E-state index contributed by atoms with van der Waals surface area (Å²) in [4.78, 5) is 15.3. The van der Waals surface area contributed by atoms with Crippen molar-refractivity contribution in [1.82, 2.24) is 0 Å². The number of hydrogen-bond acceptors (Lipinski definition) is 2. The van der Waals surface area contributed by atoms with Crippen molar-refractivity contribution in [2.75, 3.05) is 7.05 Å². The van der Waals surface area contributed by atoms with Gasteiger partial charge in [0.25, 0.3) is 0 Å². The minimum absolute atomic E-state index is 0.113. The predicted octanol–water partition coefficient (Wildman–Crippen LogP) is 3.81. The molecule has 3 heteroatoms. The molecule has 1 aromatic carbocycles. The predicted molar refractivity (Wildman–Crippen MR) is 86.6 cm³/mol. The lowest BCUT2D eigenvalue weighted by Crippen LogP contribution is -2.06. The summed E-state index contributed by atoms with van der Waals surface area (Å²) in [5, 5.41) is 9.02. The van der Waals surface area contributed by atoms with Gasteiger partial charge in [-0.3, -0.25) is 9.79 Å². The number of hydrogen-bond donors (Lipinski definition) is 1. The maximum atomic E-state index is 11.0. The third-order valence-electron chi connectivity index (χ3n) is 3.53. The number of carboxylic acids is 1. The standard InChI is InChI=1S/C18H19NO2/c1-13-7-3-4-8-14(13)15(11-12-18(20)21)16-9-5-6-10-17(16)19-2/h3-10H,11-12H2,1-2H3,(H,20,21)/b16-15-,19-17?. The first kappa shape index (κ1) is 15.0. The first-order valence-corrected chi connectivity index (χ1v) is 6.96. The maximum Gasteiger partial charge on any atom is 0.303 e. The summed E-state index contributed by atoms with van der Waals surface area (Å²) >= 11 is 0. The summed E-state index contributed by atoms with van der Waals surface area (Å²) in [6.45, 7) is 2.04. The van der Waals surface area contributed by atoms with Gasteiger partial charge in [-0.25, -0.2) is 0 Å². The van der Waals surface area contributed by atoms with Gasteiger partial charge in [-0.2, -0.15) is 0 Å². The highest BCUT2D eigenvalue weighted by Crippen LogP contribution is 2.29. The molecule has 21 heavy (non-hydrogen) atoms. The van der Waals surface area contributed by atoms with E-state index in [2.05, 4.69) is 4.99 Å². The highest BCUT2D eigenvalue weighted by atomic mass is 16.4. The number of aryl methyl sites for hydroxylation is 1. The fraction of sp³-hybridized carbons (Fsp3) is 0.222. The van der Waals surface area contributed by atoms with Crippen LogP contribution in [0.3, 0.4) is 0 Å². The van der Waals surface area contributed by atoms with Gasteiger partial charge in [-0.15, -0.1) is 0 Å². The third-order valence-corrected chi connectivity index (χ3v) is 3.53. The molecular weight excluding hydrogens is 262 g/mol. The minimum atomic E-state index is -0.785. The van der Waals surface area contributed by atoms with E-state index in [1.165, 1.54) is 0 Å². The number of aliphatic carboxylic acids is 1. The quantitative estimate of drug-likeness (QED) is 0.912. The van der Waals surface area contributed by atoms with Crippen molar-refractivity contribution in [3.8, 4) is 0 Å². The summed E-state index contributed by atoms with van der Waals surface area (Å²) in [6, 6.07) is 8.05. The van der Waals surface area contributed by atoms with E-state index in [4.69, 9.17) is 5.11 Å². The largest absolute Gasteiger partial charge is 0.481 e. The first-order valence-electron chi connectivity index (χ1n) is 6.96. The van der Waals surface area contributed by atoms with Crippen LogP contribution < -0.4 is 0 Å². The van der Waals surface area contributed by atoms with Crippen LogP contribution in [0.5, 0.6) is 0 Å². The van der Waals surface area contributed by atoms with Crippen LogP contribution >= 0.6 is 0 Å². The molecule has 1 aliphatic carbocycles. The molecule has 0 amide bonds. The summed E-state index contributed by atoms with van der Waals surface area (Å²) in [6.07, 6.45) is 8.47. The molecule has 1 N–H and O–H groups in total. The fourth-order valence-electron chi connectivity index (χ4n) is 2.48. The van der Waals surface area contributed by atoms with Crippen molar-refractivity contribution in [3.63, 3.8) is 0 Å². The maximum absolute atomic E-state index is 11.0. The Morgan fingerprint density at radius 2 is 1.86 bits per heavy atom. The van der Waals surface area contributed by atoms with Gasteiger partial charge in [-0.1, -0.05) is 42.5 Å². The van der Waals surface area contributed by atoms with Crippen LogP contribution in [0, 0.1) is 6.92 Å². The second kappa shape index (κ2) is 6.84. The van der Waals surface area contributed by atoms with E-state index in [0.717, 1.165) is 28.0 Å². The van der Waals surface area contributed by atoms with Crippen molar-refractivity contribution in [2.24, 2.45) is 4.99 Å². The number of carbonyl (C=O) groups is 1. The van der Waals surface area contributed by atoms with Crippen LogP contribution in [0.4, 0.5) is 0 Å². The van der Waals surface area contributed by atoms with Crippen molar-refractivity contribution < 1.29 is 9.90 Å². The molecule has 0 unspecified atom stereocenters. The molecule has 0 atom stereocenters. The van der Waals surface area contributed by atoms with E-state index >= 15 is 0 Å². The number of allylic oxidation sites excluding steroid dienone is 6. The molecule has 3 nitrogen and oxygen atoms in total. The fourth-order valence-corrected chi connectivity index (χ4v) is 2.48. The molecule has 0 bridgehead atoms. The summed E-state index contributed by atoms with van der Waals surface area (Å²) in [5.41, 5.74) is 5.17. The number of benzene rings is 1. The van der Waals surface area contributed by atoms with Crippen molar-refractivity contribution in [1.29, 1.82) is 0 Å². The van der Waals surface area contributed by atoms with Gasteiger partial charge in [0.15, 0.2) is 0 Å². The molecule has 2 rings (SSSR count). The SMILES string of the molecule is CN=C1C=CC=C/C1=C(\CCC(=O)O)c1ccccc1C. The smallest absolute Gasteiger partial charge is 0.303 e. The lowest BCUT2D eigenvalue weighted by molar-refractivity contribution is -0.136. The Labute approximate surface area is 125 Å². The molecule has 0 saturated carbocycles. The first-order chi connectivity index (χ1) is 10.1. The molecule has 0 spiro atoms. The van der Waals surface area contributed by atoms with E-state index < -0.39 is 5.97 Å². The molecule has 0 heterocycles. The van der Waals surface area contributed by atoms with E-state index in [-0.39, 0.29) is 6.42 Å². The average molecular weight is 281 g/mol. The van der Waals surface area contributed by atoms with Gasteiger partial charge in [0, 0.05) is 19.0 Å². The summed E-state index contributed by atoms with van der Waals surface area (Å²) < 4.78 is 0. The van der Waals surface area contributed by atoms with Crippen molar-refractivity contribution in [2.45, 2.75) is 19.8 Å². The monoisotopic (exact) mass is 281 g/mol. The third kappa shape index (κ3) is 3.57. The lowest BCUT2D eigenvalue weighted by atomic mass is 9.89. The van der Waals surface area contributed by atoms with Crippen LogP contribution in [-0.2, 0) is 4.79 Å². The Kier molecular flexibility index (Phi) is 4.88. The van der Waals surface area contributed by atoms with Crippen LogP contribution in [0.2, 0.25) is 0 Å². The van der Waals surface area contributed by atoms with E-state index in [9.17, 15) is 4.79 Å². The number of nitrogens with zero attached hydrogens (tertiary/aromatic N) is 1. The van der Waals surface area contributed by atoms with Gasteiger partial charge in [-0.05, 0) is 36.1 Å². The van der Waals surface area contributed by atoms with Crippen LogP contribution in [0.25, 0.3) is 5.57 Å². The molecule has 1 aromatic rings. The Bertz CT molecular complexity index is 664. The molecule has 0 saturated heterocycles. The van der Waals surface area contributed by atoms with Gasteiger partial charge < -0.3 is 5.11 Å². The number of aliphatic imine (C=N–C) groups is 1. The molecular formula is C18H19NO2. The molecule has 1 aliphatic rings. The van der Waals surface area contributed by atoms with E-state index in [1.54, 1.807) is 7.05 Å². The van der Waals surface area contributed by atoms with Crippen LogP contribution in [0.15, 0.2) is 59.1 Å². The zero-order valence-corrected chi connectivity index (χ0v) is 12.3. The highest BCUT2D eigenvalue weighted by molar-refractivity contribution is 6.16. The number of carboxylic acid groups (broad SMARTS) is 1. The van der Waals surface area contributed by atoms with E-state index in [0.29, 0.717) is 6.42 Å². The zero-order chi connectivity index (χ0) is 15.2. The minimum Gasteiger partial charge on any atom is -0.481 e. The van der Waals surface area contributed by atoms with Crippen LogP contribution in [-0.4, -0.2) is 23.8 Å². The molecule has 0 aromatic heterocycles. The van der Waals surface area contributed by atoms with Gasteiger partial charge in [0.1, 0.15) is 0 Å². The topological polar surface area (TPSA) is 49.7 Å². The second-order valence-corrected chi connectivity index (χ2v) is 4.93. The van der Waals surface area contributed by atoms with Crippen molar-refractivity contribution >= 4 is 17.3 Å². The molecule has 0 fully saturated rings. The average Bonchev–Trinajstić information content (AvgIpc) is 2.49. The Balaban J connectivity index is 2.56. The normalized spacial score (nSPS) is 18.1. The van der Waals surface area contributed by atoms with Crippen molar-refractivity contribution in [3.05, 3.63) is 65.3 Å². The Hall–Kier alpha value is -2.42. The van der Waals surface area contributed by atoms with Gasteiger partial charge in [0.2, 0.25) is 0 Å². The van der Waals surface area contributed by atoms with Gasteiger partial charge in [0.05, 0.1) is 5.71 Å². The second-order valence-electron chi connectivity index (χ2n) is 4.93. The summed E-state index contributed by atoms with van der Waals surface area (Å²) in [7, 11) is 1.76. The van der Waals surface area contributed by atoms with E-state index in [1.807, 2.05) is 55.5 Å². The zero-order valence-electron chi connectivity index (χ0n) is 12.3.